The molecule has 1 heterocycles. The topological polar surface area (TPSA) is 35.6 Å². The van der Waals surface area contributed by atoms with E-state index in [2.05, 4.69) is 34.5 Å². The minimum absolute atomic E-state index is 0.209. The minimum Gasteiger partial charge on any atom is -0.348 e. The number of benzene rings is 1. The van der Waals surface area contributed by atoms with Gasteiger partial charge in [0.25, 0.3) is 0 Å². The van der Waals surface area contributed by atoms with Gasteiger partial charge in [-0.3, -0.25) is 9.69 Å². The van der Waals surface area contributed by atoms with Crippen molar-refractivity contribution in [2.75, 3.05) is 33.7 Å². The molecule has 126 valence electrons. The number of piperidine rings is 1. The summed E-state index contributed by atoms with van der Waals surface area (Å²) in [6.45, 7) is 2.62. The molecule has 1 saturated heterocycles. The van der Waals surface area contributed by atoms with Crippen LogP contribution in [0.2, 0.25) is 0 Å². The maximum atomic E-state index is 11.8. The second-order valence-corrected chi connectivity index (χ2v) is 7.21. The summed E-state index contributed by atoms with van der Waals surface area (Å²) in [4.78, 5) is 15.8. The molecule has 0 saturated carbocycles. The van der Waals surface area contributed by atoms with E-state index < -0.39 is 0 Å². The molecule has 1 aromatic rings. The predicted octanol–water partition coefficient (Wildman–Crippen LogP) is 1.69. The molecule has 3 rings (SSSR count). The van der Waals surface area contributed by atoms with E-state index in [9.17, 15) is 4.79 Å². The quantitative estimate of drug-likeness (QED) is 0.918. The first-order valence-corrected chi connectivity index (χ1v) is 8.87. The van der Waals surface area contributed by atoms with Crippen LogP contribution in [0.25, 0.3) is 0 Å². The van der Waals surface area contributed by atoms with Crippen molar-refractivity contribution in [3.8, 4) is 0 Å². The molecule has 4 heteroatoms. The lowest BCUT2D eigenvalue weighted by Crippen LogP contribution is -2.49. The highest BCUT2D eigenvalue weighted by Crippen LogP contribution is 2.22. The molecule has 1 aliphatic heterocycles. The zero-order valence-electron chi connectivity index (χ0n) is 14.4. The van der Waals surface area contributed by atoms with Gasteiger partial charge >= 0.3 is 0 Å². The Morgan fingerprint density at radius 3 is 2.52 bits per heavy atom. The van der Waals surface area contributed by atoms with Gasteiger partial charge in [0.1, 0.15) is 0 Å². The molecular weight excluding hydrogens is 286 g/mol. The SMILES string of the molecule is CN(C)C(=O)CN1CCC(NC2CCc3ccccc3C2)CC1. The minimum atomic E-state index is 0.209. The van der Waals surface area contributed by atoms with Gasteiger partial charge in [-0.15, -0.1) is 0 Å². The summed E-state index contributed by atoms with van der Waals surface area (Å²) < 4.78 is 0. The molecule has 1 unspecified atom stereocenters. The summed E-state index contributed by atoms with van der Waals surface area (Å²) in [6.07, 6.45) is 5.91. The average molecular weight is 315 g/mol. The van der Waals surface area contributed by atoms with Gasteiger partial charge in [-0.25, -0.2) is 0 Å². The Balaban J connectivity index is 1.44. The summed E-state index contributed by atoms with van der Waals surface area (Å²) in [5, 5.41) is 3.87. The van der Waals surface area contributed by atoms with Crippen LogP contribution in [-0.2, 0) is 17.6 Å². The molecular formula is C19H29N3O. The van der Waals surface area contributed by atoms with E-state index in [0.717, 1.165) is 32.4 Å². The van der Waals surface area contributed by atoms with Gasteiger partial charge in [0, 0.05) is 39.3 Å². The number of nitrogens with zero attached hydrogens (tertiary/aromatic N) is 2. The number of fused-ring (bicyclic) bond motifs is 1. The lowest BCUT2D eigenvalue weighted by atomic mass is 9.87. The lowest BCUT2D eigenvalue weighted by molar-refractivity contribution is -0.130. The fourth-order valence-electron chi connectivity index (χ4n) is 3.76. The molecule has 1 fully saturated rings. The number of likely N-dealkylation sites (tertiary alicyclic amines) is 1. The number of likely N-dealkylation sites (N-methyl/N-ethyl adjacent to an activating group) is 1. The molecule has 1 atom stereocenters. The number of carbonyl (C=O) groups excluding carboxylic acids is 1. The zero-order valence-corrected chi connectivity index (χ0v) is 14.4. The number of aryl methyl sites for hydroxylation is 1. The van der Waals surface area contributed by atoms with Gasteiger partial charge in [0.2, 0.25) is 5.91 Å². The van der Waals surface area contributed by atoms with Crippen molar-refractivity contribution in [2.45, 2.75) is 44.2 Å². The summed E-state index contributed by atoms with van der Waals surface area (Å²) in [7, 11) is 3.66. The van der Waals surface area contributed by atoms with Crippen LogP contribution in [0, 0.1) is 0 Å². The van der Waals surface area contributed by atoms with Crippen molar-refractivity contribution in [3.05, 3.63) is 35.4 Å². The number of carbonyl (C=O) groups is 1. The van der Waals surface area contributed by atoms with E-state index in [1.807, 2.05) is 14.1 Å². The maximum absolute atomic E-state index is 11.8. The third-order valence-electron chi connectivity index (χ3n) is 5.26. The van der Waals surface area contributed by atoms with E-state index in [-0.39, 0.29) is 5.91 Å². The van der Waals surface area contributed by atoms with Gasteiger partial charge in [-0.05, 0) is 43.2 Å². The molecule has 0 bridgehead atoms. The second-order valence-electron chi connectivity index (χ2n) is 7.21. The Labute approximate surface area is 139 Å². The van der Waals surface area contributed by atoms with Gasteiger partial charge in [0.15, 0.2) is 0 Å². The third-order valence-corrected chi connectivity index (χ3v) is 5.26. The van der Waals surface area contributed by atoms with Crippen LogP contribution in [0.3, 0.4) is 0 Å². The maximum Gasteiger partial charge on any atom is 0.236 e. The molecule has 1 aromatic carbocycles. The highest BCUT2D eigenvalue weighted by molar-refractivity contribution is 5.77. The van der Waals surface area contributed by atoms with Crippen molar-refractivity contribution in [1.82, 2.24) is 15.1 Å². The second kappa shape index (κ2) is 7.45. The van der Waals surface area contributed by atoms with Crippen LogP contribution in [0.4, 0.5) is 0 Å². The fraction of sp³-hybridized carbons (Fsp3) is 0.632. The highest BCUT2D eigenvalue weighted by atomic mass is 16.2. The summed E-state index contributed by atoms with van der Waals surface area (Å²) in [5.41, 5.74) is 3.05. The predicted molar refractivity (Wildman–Crippen MR) is 93.5 cm³/mol. The van der Waals surface area contributed by atoms with Crippen molar-refractivity contribution in [3.63, 3.8) is 0 Å². The van der Waals surface area contributed by atoms with Gasteiger partial charge < -0.3 is 10.2 Å². The van der Waals surface area contributed by atoms with Crippen molar-refractivity contribution in [1.29, 1.82) is 0 Å². The Hall–Kier alpha value is -1.39. The molecule has 23 heavy (non-hydrogen) atoms. The van der Waals surface area contributed by atoms with Crippen LogP contribution >= 0.6 is 0 Å². The van der Waals surface area contributed by atoms with Crippen LogP contribution in [0.1, 0.15) is 30.4 Å². The Kier molecular flexibility index (Phi) is 5.34. The number of amides is 1. The first-order chi connectivity index (χ1) is 11.1. The number of rotatable bonds is 4. The van der Waals surface area contributed by atoms with Crippen molar-refractivity contribution in [2.24, 2.45) is 0 Å². The summed E-state index contributed by atoms with van der Waals surface area (Å²) in [6, 6.07) is 10.1. The highest BCUT2D eigenvalue weighted by Gasteiger charge is 2.25. The van der Waals surface area contributed by atoms with E-state index in [1.165, 1.54) is 24.0 Å². The third kappa shape index (κ3) is 4.33. The lowest BCUT2D eigenvalue weighted by Gasteiger charge is -2.36. The van der Waals surface area contributed by atoms with Crippen LogP contribution in [-0.4, -0.2) is 61.5 Å². The van der Waals surface area contributed by atoms with Gasteiger partial charge in [-0.1, -0.05) is 24.3 Å². The Morgan fingerprint density at radius 2 is 1.83 bits per heavy atom. The fourth-order valence-corrected chi connectivity index (χ4v) is 3.76. The molecule has 0 radical (unpaired) electrons. The smallest absolute Gasteiger partial charge is 0.236 e. The van der Waals surface area contributed by atoms with Crippen LogP contribution in [0.15, 0.2) is 24.3 Å². The van der Waals surface area contributed by atoms with Gasteiger partial charge in [0.05, 0.1) is 6.54 Å². The molecule has 1 amide bonds. The van der Waals surface area contributed by atoms with E-state index >= 15 is 0 Å². The molecule has 1 N–H and O–H groups in total. The number of hydrogen-bond acceptors (Lipinski definition) is 3. The number of nitrogens with one attached hydrogen (secondary N) is 1. The first-order valence-electron chi connectivity index (χ1n) is 8.87. The van der Waals surface area contributed by atoms with Crippen molar-refractivity contribution >= 4 is 5.91 Å². The first kappa shape index (κ1) is 16.5. The van der Waals surface area contributed by atoms with Crippen molar-refractivity contribution < 1.29 is 4.79 Å². The van der Waals surface area contributed by atoms with Crippen LogP contribution in [0.5, 0.6) is 0 Å². The standard InChI is InChI=1S/C19H29N3O/c1-21(2)19(23)14-22-11-9-17(10-12-22)20-18-8-7-15-5-3-4-6-16(15)13-18/h3-6,17-18,20H,7-14H2,1-2H3. The normalized spacial score (nSPS) is 22.6. The molecule has 2 aliphatic rings. The molecule has 4 nitrogen and oxygen atoms in total. The molecule has 1 aliphatic carbocycles. The molecule has 0 spiro atoms. The zero-order chi connectivity index (χ0) is 16.2. The Bertz CT molecular complexity index is 535. The van der Waals surface area contributed by atoms with E-state index in [0.29, 0.717) is 18.6 Å². The average Bonchev–Trinajstić information content (AvgIpc) is 2.56. The largest absolute Gasteiger partial charge is 0.348 e. The van der Waals surface area contributed by atoms with E-state index in [4.69, 9.17) is 0 Å². The van der Waals surface area contributed by atoms with E-state index in [1.54, 1.807) is 4.90 Å². The summed E-state index contributed by atoms with van der Waals surface area (Å²) in [5.74, 6) is 0.209. The monoisotopic (exact) mass is 315 g/mol. The molecule has 0 aromatic heterocycles. The van der Waals surface area contributed by atoms with Crippen LogP contribution < -0.4 is 5.32 Å². The Morgan fingerprint density at radius 1 is 1.13 bits per heavy atom. The van der Waals surface area contributed by atoms with Gasteiger partial charge in [-0.2, -0.15) is 0 Å². The summed E-state index contributed by atoms with van der Waals surface area (Å²) >= 11 is 0. The number of hydrogen-bond donors (Lipinski definition) is 1.